The Hall–Kier alpha value is -1.51. The van der Waals surface area contributed by atoms with Crippen molar-refractivity contribution in [3.05, 3.63) is 26.8 Å². The summed E-state index contributed by atoms with van der Waals surface area (Å²) in [6.07, 6.45) is -0.771. The molecule has 7 heteroatoms. The highest BCUT2D eigenvalue weighted by atomic mass is 127. The molecule has 1 heterocycles. The number of amides is 1. The normalized spacial score (nSPS) is 20.5. The molecule has 1 amide bonds. The number of hydrogen-bond donors (Lipinski definition) is 1. The Bertz CT molecular complexity index is 660. The summed E-state index contributed by atoms with van der Waals surface area (Å²) in [6.45, 7) is 9.37. The molecule has 1 aliphatic rings. The molecule has 138 valence electrons. The first-order valence-corrected chi connectivity index (χ1v) is 9.21. The van der Waals surface area contributed by atoms with Crippen molar-refractivity contribution >= 4 is 34.7 Å². The summed E-state index contributed by atoms with van der Waals surface area (Å²) in [5.74, 6) is -0.298. The fourth-order valence-corrected chi connectivity index (χ4v) is 3.82. The van der Waals surface area contributed by atoms with E-state index in [0.717, 1.165) is 20.4 Å². The summed E-state index contributed by atoms with van der Waals surface area (Å²) in [4.78, 5) is 25.1. The lowest BCUT2D eigenvalue weighted by Crippen LogP contribution is -2.43. The quantitative estimate of drug-likeness (QED) is 0.695. The zero-order valence-electron chi connectivity index (χ0n) is 15.1. The van der Waals surface area contributed by atoms with Crippen LogP contribution in [-0.4, -0.2) is 46.4 Å². The summed E-state index contributed by atoms with van der Waals surface area (Å²) >= 11 is 2.25. The largest absolute Gasteiger partial charge is 0.488 e. The van der Waals surface area contributed by atoms with Crippen molar-refractivity contribution in [2.24, 2.45) is 0 Å². The zero-order valence-corrected chi connectivity index (χ0v) is 17.3. The van der Waals surface area contributed by atoms with Crippen LogP contribution in [-0.2, 0) is 9.53 Å². The molecule has 1 aromatic rings. The van der Waals surface area contributed by atoms with Crippen LogP contribution in [0, 0.1) is 17.4 Å². The summed E-state index contributed by atoms with van der Waals surface area (Å²) in [5, 5.41) is 9.45. The second kappa shape index (κ2) is 7.39. The van der Waals surface area contributed by atoms with Crippen molar-refractivity contribution < 1.29 is 24.2 Å². The fraction of sp³-hybridized carbons (Fsp3) is 0.556. The molecule has 0 spiro atoms. The maximum atomic E-state index is 12.3. The molecule has 2 atom stereocenters. The maximum Gasteiger partial charge on any atom is 0.411 e. The van der Waals surface area contributed by atoms with E-state index in [4.69, 9.17) is 9.47 Å². The number of benzene rings is 1. The van der Waals surface area contributed by atoms with Gasteiger partial charge in [-0.25, -0.2) is 9.59 Å². The Balaban J connectivity index is 2.17. The Morgan fingerprint density at radius 3 is 2.28 bits per heavy atom. The summed E-state index contributed by atoms with van der Waals surface area (Å²) in [6, 6.07) is 3.08. The van der Waals surface area contributed by atoms with Gasteiger partial charge >= 0.3 is 12.1 Å². The second-order valence-electron chi connectivity index (χ2n) is 7.33. The number of halogens is 1. The lowest BCUT2D eigenvalue weighted by atomic mass is 10.1. The number of hydrogen-bond acceptors (Lipinski definition) is 4. The molecule has 1 aliphatic heterocycles. The highest BCUT2D eigenvalue weighted by Gasteiger charge is 2.42. The first-order valence-electron chi connectivity index (χ1n) is 8.14. The van der Waals surface area contributed by atoms with E-state index in [-0.39, 0.29) is 19.1 Å². The number of aryl methyl sites for hydroxylation is 2. The second-order valence-corrected chi connectivity index (χ2v) is 8.58. The van der Waals surface area contributed by atoms with E-state index in [1.54, 1.807) is 20.8 Å². The van der Waals surface area contributed by atoms with Gasteiger partial charge in [0.05, 0.1) is 6.54 Å². The van der Waals surface area contributed by atoms with E-state index in [2.05, 4.69) is 22.6 Å². The molecule has 6 nitrogen and oxygen atoms in total. The smallest absolute Gasteiger partial charge is 0.411 e. The third kappa shape index (κ3) is 4.99. The van der Waals surface area contributed by atoms with Crippen LogP contribution in [0.4, 0.5) is 4.79 Å². The van der Waals surface area contributed by atoms with Crippen LogP contribution in [0.25, 0.3) is 0 Å². The third-order valence-electron chi connectivity index (χ3n) is 3.89. The van der Waals surface area contributed by atoms with Crippen molar-refractivity contribution in [1.29, 1.82) is 0 Å². The van der Waals surface area contributed by atoms with Crippen LogP contribution in [0.1, 0.15) is 38.3 Å². The minimum atomic E-state index is -1.05. The molecule has 0 aliphatic carbocycles. The van der Waals surface area contributed by atoms with Crippen molar-refractivity contribution in [1.82, 2.24) is 4.90 Å². The fourth-order valence-electron chi connectivity index (χ4n) is 2.89. The molecule has 2 rings (SSSR count). The van der Waals surface area contributed by atoms with Crippen molar-refractivity contribution in [3.63, 3.8) is 0 Å². The number of carboxylic acids is 1. The van der Waals surface area contributed by atoms with Gasteiger partial charge in [-0.2, -0.15) is 0 Å². The standard InChI is InChI=1S/C18H24INO5/c1-10-6-12(19)7-11(2)15(10)24-13-8-14(16(21)22)20(9-13)17(23)25-18(3,4)5/h6-7,13-14H,8-9H2,1-5H3,(H,21,22)/t13-,14-/m0/s1. The van der Waals surface area contributed by atoms with Gasteiger partial charge in [-0.3, -0.25) is 4.90 Å². The summed E-state index contributed by atoms with van der Waals surface area (Å²) in [7, 11) is 0. The maximum absolute atomic E-state index is 12.3. The third-order valence-corrected chi connectivity index (χ3v) is 4.51. The van der Waals surface area contributed by atoms with Crippen LogP contribution >= 0.6 is 22.6 Å². The van der Waals surface area contributed by atoms with Crippen molar-refractivity contribution in [2.75, 3.05) is 6.54 Å². The van der Waals surface area contributed by atoms with Gasteiger partial charge in [-0.1, -0.05) is 0 Å². The number of nitrogens with zero attached hydrogens (tertiary/aromatic N) is 1. The number of carbonyl (C=O) groups is 2. The molecular weight excluding hydrogens is 437 g/mol. The number of aliphatic carboxylic acids is 1. The van der Waals surface area contributed by atoms with Crippen molar-refractivity contribution in [2.45, 2.75) is 58.8 Å². The van der Waals surface area contributed by atoms with Gasteiger partial charge < -0.3 is 14.6 Å². The average molecular weight is 461 g/mol. The van der Waals surface area contributed by atoms with E-state index >= 15 is 0 Å². The van der Waals surface area contributed by atoms with Gasteiger partial charge in [0.1, 0.15) is 23.5 Å². The van der Waals surface area contributed by atoms with Gasteiger partial charge in [-0.05, 0) is 80.5 Å². The summed E-state index contributed by atoms with van der Waals surface area (Å²) in [5.41, 5.74) is 1.31. The number of likely N-dealkylation sites (tertiary alicyclic amines) is 1. The number of carboxylic acid groups (broad SMARTS) is 1. The molecule has 0 saturated carbocycles. The first-order chi connectivity index (χ1) is 11.5. The van der Waals surface area contributed by atoms with E-state index in [0.29, 0.717) is 0 Å². The molecule has 1 fully saturated rings. The highest BCUT2D eigenvalue weighted by Crippen LogP contribution is 2.30. The number of ether oxygens (including phenoxy) is 2. The van der Waals surface area contributed by atoms with E-state index in [1.165, 1.54) is 4.90 Å². The van der Waals surface area contributed by atoms with Gasteiger partial charge in [0.15, 0.2) is 0 Å². The Morgan fingerprint density at radius 2 is 1.80 bits per heavy atom. The molecule has 1 N–H and O–H groups in total. The monoisotopic (exact) mass is 461 g/mol. The molecule has 25 heavy (non-hydrogen) atoms. The summed E-state index contributed by atoms with van der Waals surface area (Å²) < 4.78 is 12.5. The Labute approximate surface area is 161 Å². The van der Waals surface area contributed by atoms with Gasteiger partial charge in [-0.15, -0.1) is 0 Å². The molecule has 1 saturated heterocycles. The van der Waals surface area contributed by atoms with Crippen LogP contribution < -0.4 is 4.74 Å². The van der Waals surface area contributed by atoms with Crippen LogP contribution in [0.5, 0.6) is 5.75 Å². The molecule has 0 aromatic heterocycles. The van der Waals surface area contributed by atoms with E-state index in [1.807, 2.05) is 26.0 Å². The zero-order chi connectivity index (χ0) is 18.9. The first kappa shape index (κ1) is 19.8. The number of carbonyl (C=O) groups excluding carboxylic acids is 1. The Morgan fingerprint density at radius 1 is 1.24 bits per heavy atom. The minimum absolute atomic E-state index is 0.191. The van der Waals surface area contributed by atoms with Crippen LogP contribution in [0.3, 0.4) is 0 Å². The average Bonchev–Trinajstić information content (AvgIpc) is 2.85. The van der Waals surface area contributed by atoms with Gasteiger partial charge in [0, 0.05) is 9.99 Å². The van der Waals surface area contributed by atoms with Crippen molar-refractivity contribution in [3.8, 4) is 5.75 Å². The molecule has 0 bridgehead atoms. The lowest BCUT2D eigenvalue weighted by molar-refractivity contribution is -0.142. The molecule has 0 radical (unpaired) electrons. The molecule has 1 aromatic carbocycles. The van der Waals surface area contributed by atoms with E-state index in [9.17, 15) is 14.7 Å². The minimum Gasteiger partial charge on any atom is -0.488 e. The SMILES string of the molecule is Cc1cc(I)cc(C)c1O[C@H]1C[C@@H](C(=O)O)N(C(=O)OC(C)(C)C)C1. The van der Waals surface area contributed by atoms with Crippen LogP contribution in [0.2, 0.25) is 0 Å². The topological polar surface area (TPSA) is 76.1 Å². The van der Waals surface area contributed by atoms with Gasteiger partial charge in [0.2, 0.25) is 0 Å². The lowest BCUT2D eigenvalue weighted by Gasteiger charge is -2.26. The molecular formula is C18H24INO5. The van der Waals surface area contributed by atoms with E-state index < -0.39 is 23.7 Å². The predicted octanol–water partition coefficient (Wildman–Crippen LogP) is 3.75. The van der Waals surface area contributed by atoms with Gasteiger partial charge in [0.25, 0.3) is 0 Å². The van der Waals surface area contributed by atoms with Crippen LogP contribution in [0.15, 0.2) is 12.1 Å². The Kier molecular flexibility index (Phi) is 5.86. The molecule has 0 unspecified atom stereocenters. The highest BCUT2D eigenvalue weighted by molar-refractivity contribution is 14.1. The predicted molar refractivity (Wildman–Crippen MR) is 102 cm³/mol. The number of rotatable bonds is 3.